The van der Waals surface area contributed by atoms with Crippen LogP contribution >= 0.6 is 0 Å². The minimum atomic E-state index is -0.696. The van der Waals surface area contributed by atoms with Crippen molar-refractivity contribution in [1.29, 1.82) is 0 Å². The van der Waals surface area contributed by atoms with E-state index in [9.17, 15) is 14.7 Å². The van der Waals surface area contributed by atoms with Crippen LogP contribution in [0.4, 0.5) is 0 Å². The first kappa shape index (κ1) is 29.1. The van der Waals surface area contributed by atoms with Crippen LogP contribution in [-0.4, -0.2) is 60.8 Å². The predicted molar refractivity (Wildman–Crippen MR) is 127 cm³/mol. The van der Waals surface area contributed by atoms with E-state index in [4.69, 9.17) is 19.3 Å². The van der Waals surface area contributed by atoms with Gasteiger partial charge in [0.25, 0.3) is 0 Å². The molecule has 0 bridgehead atoms. The Balaban J connectivity index is 2.91. The van der Waals surface area contributed by atoms with Crippen molar-refractivity contribution in [2.75, 3.05) is 20.3 Å². The van der Waals surface area contributed by atoms with Crippen molar-refractivity contribution in [2.45, 2.75) is 78.6 Å². The maximum absolute atomic E-state index is 12.6. The van der Waals surface area contributed by atoms with Gasteiger partial charge in [-0.3, -0.25) is 4.79 Å². The molecule has 1 fully saturated rings. The Kier molecular flexibility index (Phi) is 13.3. The molecule has 6 atom stereocenters. The molecule has 0 spiro atoms. The fraction of sp³-hybridized carbons (Fsp3) is 0.692. The number of esters is 2. The zero-order valence-electron chi connectivity index (χ0n) is 21.0. The lowest BCUT2D eigenvalue weighted by Gasteiger charge is -2.39. The van der Waals surface area contributed by atoms with Gasteiger partial charge in [0.05, 0.1) is 6.42 Å². The lowest BCUT2D eigenvalue weighted by molar-refractivity contribution is -0.200. The van der Waals surface area contributed by atoms with Crippen LogP contribution in [0.2, 0.25) is 0 Å². The summed E-state index contributed by atoms with van der Waals surface area (Å²) in [4.78, 5) is 24.8. The summed E-state index contributed by atoms with van der Waals surface area (Å²) in [6.07, 6.45) is 7.25. The first-order chi connectivity index (χ1) is 15.6. The van der Waals surface area contributed by atoms with Crippen molar-refractivity contribution >= 4 is 11.9 Å². The largest absolute Gasteiger partial charge is 0.458 e. The SMILES string of the molecule is C/C=C(\C)C[C@H](C)C[C@H](C)[C@H]1OC(=O)C[C@@H](OC)[C@H]1OC(=O)/C=C/C(C)=C/[C@H](CO)CCO. The van der Waals surface area contributed by atoms with Gasteiger partial charge in [0.1, 0.15) is 12.2 Å². The second-order valence-corrected chi connectivity index (χ2v) is 9.19. The van der Waals surface area contributed by atoms with E-state index < -0.39 is 24.3 Å². The van der Waals surface area contributed by atoms with Crippen molar-refractivity contribution in [1.82, 2.24) is 0 Å². The number of hydrogen-bond donors (Lipinski definition) is 2. The number of cyclic esters (lactones) is 1. The Morgan fingerprint density at radius 3 is 2.52 bits per heavy atom. The number of hydrogen-bond acceptors (Lipinski definition) is 7. The molecule has 7 nitrogen and oxygen atoms in total. The van der Waals surface area contributed by atoms with Gasteiger partial charge in [-0.2, -0.15) is 0 Å². The molecule has 0 aromatic carbocycles. The normalized spacial score (nSPS) is 25.0. The summed E-state index contributed by atoms with van der Waals surface area (Å²) in [5, 5.41) is 18.4. The van der Waals surface area contributed by atoms with Crippen molar-refractivity contribution in [3.63, 3.8) is 0 Å². The molecule has 188 valence electrons. The fourth-order valence-corrected chi connectivity index (χ4v) is 4.27. The number of carbonyl (C=O) groups excluding carboxylic acids is 2. The van der Waals surface area contributed by atoms with Crippen LogP contribution in [0.25, 0.3) is 0 Å². The standard InChI is InChI=1S/C26H42O7/c1-7-17(2)12-19(4)13-20(5)25-26(22(31-6)15-24(30)33-25)32-23(29)9-8-18(3)14-21(16-28)10-11-27/h7-9,14,19-22,25-28H,10-13,15-16H2,1-6H3/b9-8+,17-7+,18-14+/t19-,20-,21+,22+,25+,26+/m0/s1. The molecule has 1 aliphatic rings. The maximum Gasteiger partial charge on any atom is 0.331 e. The van der Waals surface area contributed by atoms with E-state index in [-0.39, 0.29) is 37.4 Å². The van der Waals surface area contributed by atoms with Gasteiger partial charge in [-0.25, -0.2) is 4.79 Å². The zero-order chi connectivity index (χ0) is 25.0. The summed E-state index contributed by atoms with van der Waals surface area (Å²) in [6, 6.07) is 0. The van der Waals surface area contributed by atoms with E-state index in [1.165, 1.54) is 18.8 Å². The molecule has 1 rings (SSSR count). The molecule has 0 aromatic rings. The molecule has 1 saturated heterocycles. The lowest BCUT2D eigenvalue weighted by Crippen LogP contribution is -2.52. The summed E-state index contributed by atoms with van der Waals surface area (Å²) in [7, 11) is 1.50. The van der Waals surface area contributed by atoms with Gasteiger partial charge in [0, 0.05) is 32.3 Å². The summed E-state index contributed by atoms with van der Waals surface area (Å²) in [5.41, 5.74) is 2.08. The van der Waals surface area contributed by atoms with E-state index >= 15 is 0 Å². The van der Waals surface area contributed by atoms with Crippen molar-refractivity contribution in [2.24, 2.45) is 17.8 Å². The van der Waals surface area contributed by atoms with Crippen LogP contribution in [0.15, 0.2) is 35.5 Å². The molecule has 1 heterocycles. The minimum Gasteiger partial charge on any atom is -0.458 e. The summed E-state index contributed by atoms with van der Waals surface area (Å²) in [6.45, 7) is 10.0. The van der Waals surface area contributed by atoms with E-state index in [1.54, 1.807) is 12.2 Å². The molecular formula is C26H42O7. The predicted octanol–water partition coefficient (Wildman–Crippen LogP) is 3.74. The average Bonchev–Trinajstić information content (AvgIpc) is 2.77. The molecule has 1 aliphatic heterocycles. The zero-order valence-corrected chi connectivity index (χ0v) is 21.0. The van der Waals surface area contributed by atoms with Crippen molar-refractivity contribution in [3.8, 4) is 0 Å². The third-order valence-electron chi connectivity index (χ3n) is 6.09. The number of aliphatic hydroxyl groups is 2. The average molecular weight is 467 g/mol. The topological polar surface area (TPSA) is 102 Å². The van der Waals surface area contributed by atoms with Crippen molar-refractivity contribution < 1.29 is 34.0 Å². The van der Waals surface area contributed by atoms with Gasteiger partial charge in [0.2, 0.25) is 0 Å². The van der Waals surface area contributed by atoms with Crippen LogP contribution in [0.3, 0.4) is 0 Å². The smallest absolute Gasteiger partial charge is 0.331 e. The number of allylic oxidation sites excluding steroid dienone is 4. The molecule has 0 unspecified atom stereocenters. The monoisotopic (exact) mass is 466 g/mol. The molecule has 0 aromatic heterocycles. The quantitative estimate of drug-likeness (QED) is 0.184. The van der Waals surface area contributed by atoms with Crippen LogP contribution in [-0.2, 0) is 23.8 Å². The Morgan fingerprint density at radius 2 is 1.94 bits per heavy atom. The highest BCUT2D eigenvalue weighted by Gasteiger charge is 2.44. The number of aliphatic hydroxyl groups excluding tert-OH is 2. The van der Waals surface area contributed by atoms with Gasteiger partial charge in [-0.15, -0.1) is 0 Å². The Bertz CT molecular complexity index is 709. The van der Waals surface area contributed by atoms with E-state index in [2.05, 4.69) is 19.9 Å². The highest BCUT2D eigenvalue weighted by Crippen LogP contribution is 2.31. The summed E-state index contributed by atoms with van der Waals surface area (Å²) < 4.78 is 16.9. The first-order valence-electron chi connectivity index (χ1n) is 11.8. The third kappa shape index (κ3) is 10.2. The number of methoxy groups -OCH3 is 1. The highest BCUT2D eigenvalue weighted by molar-refractivity contribution is 5.83. The molecular weight excluding hydrogens is 424 g/mol. The Hall–Kier alpha value is -1.96. The molecule has 0 aliphatic carbocycles. The Labute approximate surface area is 198 Å². The van der Waals surface area contributed by atoms with Gasteiger partial charge in [-0.1, -0.05) is 43.2 Å². The fourth-order valence-electron chi connectivity index (χ4n) is 4.27. The highest BCUT2D eigenvalue weighted by atomic mass is 16.6. The maximum atomic E-state index is 12.6. The molecule has 7 heteroatoms. The van der Waals surface area contributed by atoms with Crippen molar-refractivity contribution in [3.05, 3.63) is 35.5 Å². The van der Waals surface area contributed by atoms with Crippen LogP contribution < -0.4 is 0 Å². The van der Waals surface area contributed by atoms with Gasteiger partial charge < -0.3 is 24.4 Å². The van der Waals surface area contributed by atoms with E-state index in [0.29, 0.717) is 12.3 Å². The minimum absolute atomic E-state index is 0.0150. The Morgan fingerprint density at radius 1 is 1.24 bits per heavy atom. The molecule has 0 radical (unpaired) electrons. The first-order valence-corrected chi connectivity index (χ1v) is 11.8. The number of rotatable bonds is 13. The van der Waals surface area contributed by atoms with Crippen LogP contribution in [0, 0.1) is 17.8 Å². The van der Waals surface area contributed by atoms with Crippen LogP contribution in [0.5, 0.6) is 0 Å². The third-order valence-corrected chi connectivity index (χ3v) is 6.09. The van der Waals surface area contributed by atoms with Gasteiger partial charge >= 0.3 is 11.9 Å². The van der Waals surface area contributed by atoms with Gasteiger partial charge in [-0.05, 0) is 51.9 Å². The second-order valence-electron chi connectivity index (χ2n) is 9.19. The number of ether oxygens (including phenoxy) is 3. The molecule has 0 amide bonds. The number of carbonyl (C=O) groups is 2. The van der Waals surface area contributed by atoms with E-state index in [0.717, 1.165) is 18.4 Å². The molecule has 33 heavy (non-hydrogen) atoms. The van der Waals surface area contributed by atoms with Crippen LogP contribution in [0.1, 0.15) is 60.3 Å². The summed E-state index contributed by atoms with van der Waals surface area (Å²) in [5.74, 6) is -0.703. The lowest BCUT2D eigenvalue weighted by atomic mass is 9.84. The second kappa shape index (κ2) is 15.0. The van der Waals surface area contributed by atoms with Gasteiger partial charge in [0.15, 0.2) is 6.10 Å². The molecule has 0 saturated carbocycles. The summed E-state index contributed by atoms with van der Waals surface area (Å²) >= 11 is 0. The molecule has 2 N–H and O–H groups in total. The van der Waals surface area contributed by atoms with E-state index in [1.807, 2.05) is 20.8 Å².